The summed E-state index contributed by atoms with van der Waals surface area (Å²) in [7, 11) is 0. The van der Waals surface area contributed by atoms with Crippen LogP contribution >= 0.6 is 0 Å². The van der Waals surface area contributed by atoms with Gasteiger partial charge in [-0.2, -0.15) is 8.78 Å². The van der Waals surface area contributed by atoms with Gasteiger partial charge < -0.3 is 14.4 Å². The molecule has 0 saturated carbocycles. The van der Waals surface area contributed by atoms with Crippen molar-refractivity contribution in [3.8, 4) is 5.75 Å². The highest BCUT2D eigenvalue weighted by Crippen LogP contribution is 2.27. The molecule has 0 unspecified atom stereocenters. The van der Waals surface area contributed by atoms with Crippen molar-refractivity contribution in [2.75, 3.05) is 31.2 Å². The largest absolute Gasteiger partial charge is 0.435 e. The maximum absolute atomic E-state index is 12.2. The lowest BCUT2D eigenvalue weighted by Gasteiger charge is -2.29. The van der Waals surface area contributed by atoms with Crippen LogP contribution in [-0.2, 0) is 11.2 Å². The zero-order valence-corrected chi connectivity index (χ0v) is 10.4. The van der Waals surface area contributed by atoms with Gasteiger partial charge in [0.1, 0.15) is 5.75 Å². The Bertz CT molecular complexity index is 393. The predicted molar refractivity (Wildman–Crippen MR) is 65.5 cm³/mol. The van der Waals surface area contributed by atoms with Gasteiger partial charge in [0.2, 0.25) is 0 Å². The van der Waals surface area contributed by atoms with Crippen LogP contribution in [0.5, 0.6) is 5.75 Å². The molecule has 1 aromatic rings. The highest BCUT2D eigenvalue weighted by molar-refractivity contribution is 5.53. The van der Waals surface area contributed by atoms with Crippen LogP contribution in [0, 0.1) is 0 Å². The number of hydrogen-bond donors (Lipinski definition) is 0. The van der Waals surface area contributed by atoms with Crippen LogP contribution in [0.15, 0.2) is 18.2 Å². The normalized spacial score (nSPS) is 16.1. The molecule has 1 fully saturated rings. The Morgan fingerprint density at radius 3 is 2.67 bits per heavy atom. The summed E-state index contributed by atoms with van der Waals surface area (Å²) in [6.45, 7) is 2.23. The van der Waals surface area contributed by atoms with Gasteiger partial charge in [-0.05, 0) is 30.2 Å². The molecular formula is C13H17F2NO2. The van der Waals surface area contributed by atoms with Gasteiger partial charge in [0.25, 0.3) is 0 Å². The zero-order valence-electron chi connectivity index (χ0n) is 10.4. The van der Waals surface area contributed by atoms with E-state index in [1.807, 2.05) is 19.1 Å². The van der Waals surface area contributed by atoms with Crippen molar-refractivity contribution >= 4 is 5.69 Å². The lowest BCUT2D eigenvalue weighted by atomic mass is 10.1. The van der Waals surface area contributed by atoms with E-state index in [1.54, 1.807) is 6.07 Å². The van der Waals surface area contributed by atoms with Gasteiger partial charge in [-0.3, -0.25) is 0 Å². The zero-order chi connectivity index (χ0) is 13.0. The van der Waals surface area contributed by atoms with Gasteiger partial charge >= 0.3 is 6.61 Å². The average molecular weight is 257 g/mol. The first-order valence-corrected chi connectivity index (χ1v) is 6.11. The van der Waals surface area contributed by atoms with Crippen LogP contribution in [0.25, 0.3) is 0 Å². The highest BCUT2D eigenvalue weighted by Gasteiger charge is 2.14. The summed E-state index contributed by atoms with van der Waals surface area (Å²) in [5.41, 5.74) is 1.84. The number of hydrogen-bond acceptors (Lipinski definition) is 3. The number of ether oxygens (including phenoxy) is 2. The Balaban J connectivity index is 2.17. The molecule has 0 aliphatic carbocycles. The van der Waals surface area contributed by atoms with E-state index >= 15 is 0 Å². The molecule has 5 heteroatoms. The van der Waals surface area contributed by atoms with Gasteiger partial charge in [-0.1, -0.05) is 6.92 Å². The van der Waals surface area contributed by atoms with Gasteiger partial charge in [-0.15, -0.1) is 0 Å². The second kappa shape index (κ2) is 6.00. The second-order valence-electron chi connectivity index (χ2n) is 4.12. The van der Waals surface area contributed by atoms with Crippen LogP contribution in [-0.4, -0.2) is 32.9 Å². The van der Waals surface area contributed by atoms with Crippen LogP contribution in [0.3, 0.4) is 0 Å². The van der Waals surface area contributed by atoms with Crippen LogP contribution in [0.4, 0.5) is 14.5 Å². The molecule has 0 amide bonds. The number of morpholine rings is 1. The molecule has 1 aliphatic rings. The maximum Gasteiger partial charge on any atom is 0.387 e. The molecule has 3 nitrogen and oxygen atoms in total. The van der Waals surface area contributed by atoms with E-state index in [9.17, 15) is 8.78 Å². The van der Waals surface area contributed by atoms with E-state index in [1.165, 1.54) is 0 Å². The summed E-state index contributed by atoms with van der Waals surface area (Å²) >= 11 is 0. The monoisotopic (exact) mass is 257 g/mol. The Kier molecular flexibility index (Phi) is 4.36. The minimum atomic E-state index is -2.77. The predicted octanol–water partition coefficient (Wildman–Crippen LogP) is 2.69. The Morgan fingerprint density at radius 1 is 1.33 bits per heavy atom. The van der Waals surface area contributed by atoms with Crippen molar-refractivity contribution in [3.63, 3.8) is 0 Å². The second-order valence-corrected chi connectivity index (χ2v) is 4.12. The van der Waals surface area contributed by atoms with Crippen molar-refractivity contribution in [3.05, 3.63) is 23.8 Å². The molecule has 0 spiro atoms. The van der Waals surface area contributed by atoms with E-state index in [4.69, 9.17) is 4.74 Å². The van der Waals surface area contributed by atoms with Crippen molar-refractivity contribution < 1.29 is 18.3 Å². The molecule has 1 saturated heterocycles. The number of aryl methyl sites for hydroxylation is 1. The molecule has 0 radical (unpaired) electrons. The average Bonchev–Trinajstić information content (AvgIpc) is 2.39. The molecule has 0 atom stereocenters. The molecule has 18 heavy (non-hydrogen) atoms. The summed E-state index contributed by atoms with van der Waals surface area (Å²) < 4.78 is 34.3. The fourth-order valence-corrected chi connectivity index (χ4v) is 2.07. The third-order valence-corrected chi connectivity index (χ3v) is 3.02. The Labute approximate surface area is 105 Å². The van der Waals surface area contributed by atoms with E-state index < -0.39 is 6.61 Å². The molecule has 0 N–H and O–H groups in total. The molecule has 0 aromatic heterocycles. The van der Waals surface area contributed by atoms with Crippen molar-refractivity contribution in [1.82, 2.24) is 0 Å². The molecule has 1 heterocycles. The Morgan fingerprint density at radius 2 is 2.06 bits per heavy atom. The van der Waals surface area contributed by atoms with Crippen molar-refractivity contribution in [1.29, 1.82) is 0 Å². The summed E-state index contributed by atoms with van der Waals surface area (Å²) in [5, 5.41) is 0. The van der Waals surface area contributed by atoms with Crippen LogP contribution < -0.4 is 9.64 Å². The van der Waals surface area contributed by atoms with E-state index in [2.05, 4.69) is 9.64 Å². The third-order valence-electron chi connectivity index (χ3n) is 3.02. The maximum atomic E-state index is 12.2. The van der Waals surface area contributed by atoms with Crippen molar-refractivity contribution in [2.45, 2.75) is 20.0 Å². The minimum absolute atomic E-state index is 0.268. The topological polar surface area (TPSA) is 21.7 Å². The summed E-state index contributed by atoms with van der Waals surface area (Å²) in [6.07, 6.45) is 0.667. The summed E-state index contributed by atoms with van der Waals surface area (Å²) in [4.78, 5) is 2.19. The first-order valence-electron chi connectivity index (χ1n) is 6.11. The molecule has 100 valence electrons. The highest BCUT2D eigenvalue weighted by atomic mass is 19.3. The van der Waals surface area contributed by atoms with E-state index in [-0.39, 0.29) is 5.75 Å². The molecular weight excluding hydrogens is 240 g/mol. The van der Waals surface area contributed by atoms with Gasteiger partial charge in [0.15, 0.2) is 0 Å². The van der Waals surface area contributed by atoms with E-state index in [0.29, 0.717) is 19.6 Å². The number of nitrogens with zero attached hydrogens (tertiary/aromatic N) is 1. The third kappa shape index (κ3) is 3.10. The molecule has 2 rings (SSSR count). The first kappa shape index (κ1) is 13.1. The van der Waals surface area contributed by atoms with E-state index in [0.717, 1.165) is 24.3 Å². The van der Waals surface area contributed by atoms with Crippen LogP contribution in [0.2, 0.25) is 0 Å². The number of rotatable bonds is 4. The molecule has 0 bridgehead atoms. The number of anilines is 1. The van der Waals surface area contributed by atoms with Gasteiger partial charge in [0.05, 0.1) is 13.2 Å². The fraction of sp³-hybridized carbons (Fsp3) is 0.538. The smallest absolute Gasteiger partial charge is 0.387 e. The molecule has 1 aromatic carbocycles. The number of halogens is 2. The molecule has 1 aliphatic heterocycles. The lowest BCUT2D eigenvalue weighted by molar-refractivity contribution is -0.0504. The summed E-state index contributed by atoms with van der Waals surface area (Å²) in [5.74, 6) is 0.268. The quantitative estimate of drug-likeness (QED) is 0.827. The lowest BCUT2D eigenvalue weighted by Crippen LogP contribution is -2.36. The number of alkyl halides is 2. The summed E-state index contributed by atoms with van der Waals surface area (Å²) in [6, 6.07) is 5.36. The van der Waals surface area contributed by atoms with Crippen LogP contribution in [0.1, 0.15) is 12.5 Å². The van der Waals surface area contributed by atoms with Gasteiger partial charge in [-0.25, -0.2) is 0 Å². The standard InChI is InChI=1S/C13H17F2NO2/c1-2-10-9-11(16-5-7-17-8-6-16)3-4-12(10)18-13(14)15/h3-4,9,13H,2,5-8H2,1H3. The minimum Gasteiger partial charge on any atom is -0.435 e. The fourth-order valence-electron chi connectivity index (χ4n) is 2.07. The SMILES string of the molecule is CCc1cc(N2CCOCC2)ccc1OC(F)F. The van der Waals surface area contributed by atoms with Crippen molar-refractivity contribution in [2.24, 2.45) is 0 Å². The van der Waals surface area contributed by atoms with Gasteiger partial charge in [0, 0.05) is 18.8 Å². The number of benzene rings is 1. The first-order chi connectivity index (χ1) is 8.70. The Hall–Kier alpha value is -1.36.